The summed E-state index contributed by atoms with van der Waals surface area (Å²) in [5, 5.41) is 0. The lowest BCUT2D eigenvalue weighted by molar-refractivity contribution is -0.128. The van der Waals surface area contributed by atoms with Crippen LogP contribution in [0.25, 0.3) is 0 Å². The lowest BCUT2D eigenvalue weighted by Gasteiger charge is -2.16. The molecule has 0 atom stereocenters. The minimum absolute atomic E-state index is 0.320. The van der Waals surface area contributed by atoms with Gasteiger partial charge in [-0.25, -0.2) is 0 Å². The van der Waals surface area contributed by atoms with Crippen molar-refractivity contribution in [1.29, 1.82) is 0 Å². The molecule has 3 rings (SSSR count). The molecule has 1 fully saturated rings. The predicted molar refractivity (Wildman–Crippen MR) is 74.5 cm³/mol. The number of carbonyl (C=O) groups excluding carboxylic acids is 1. The first-order valence-electron chi connectivity index (χ1n) is 7.21. The molecule has 2 nitrogen and oxygen atoms in total. The van der Waals surface area contributed by atoms with E-state index in [0.29, 0.717) is 5.91 Å². The first kappa shape index (κ1) is 13.1. The Labute approximate surface area is 110 Å². The fourth-order valence-corrected chi connectivity index (χ4v) is 2.82. The first-order valence-corrected chi connectivity index (χ1v) is 7.21. The second-order valence-electron chi connectivity index (χ2n) is 4.88. The van der Waals surface area contributed by atoms with Gasteiger partial charge in [-0.3, -0.25) is 4.79 Å². The van der Waals surface area contributed by atoms with Crippen molar-refractivity contribution in [3.05, 3.63) is 34.9 Å². The van der Waals surface area contributed by atoms with E-state index in [-0.39, 0.29) is 0 Å². The molecule has 1 aliphatic carbocycles. The van der Waals surface area contributed by atoms with Crippen LogP contribution in [0.2, 0.25) is 0 Å². The van der Waals surface area contributed by atoms with Gasteiger partial charge in [0.25, 0.3) is 0 Å². The number of hydrogen-bond acceptors (Lipinski definition) is 1. The van der Waals surface area contributed by atoms with Crippen molar-refractivity contribution in [3.8, 4) is 0 Å². The minimum Gasteiger partial charge on any atom is -0.338 e. The Kier molecular flexibility index (Phi) is 4.40. The fourth-order valence-electron chi connectivity index (χ4n) is 2.82. The number of rotatable bonds is 2. The van der Waals surface area contributed by atoms with Gasteiger partial charge in [0.2, 0.25) is 5.91 Å². The largest absolute Gasteiger partial charge is 0.338 e. The van der Waals surface area contributed by atoms with E-state index in [2.05, 4.69) is 18.2 Å². The number of amides is 1. The van der Waals surface area contributed by atoms with Crippen molar-refractivity contribution in [2.45, 2.75) is 52.5 Å². The Morgan fingerprint density at radius 3 is 2.56 bits per heavy atom. The van der Waals surface area contributed by atoms with Gasteiger partial charge >= 0.3 is 0 Å². The maximum absolute atomic E-state index is 11.5. The normalized spacial score (nSPS) is 17.4. The maximum atomic E-state index is 11.5. The summed E-state index contributed by atoms with van der Waals surface area (Å²) < 4.78 is 0. The molecule has 18 heavy (non-hydrogen) atoms. The van der Waals surface area contributed by atoms with Crippen LogP contribution in [-0.2, 0) is 24.2 Å². The Bertz CT molecular complexity index is 425. The molecule has 1 saturated heterocycles. The number of fused-ring (bicyclic) bond motifs is 1. The van der Waals surface area contributed by atoms with Crippen LogP contribution >= 0.6 is 0 Å². The molecular formula is C16H23NO. The molecule has 0 saturated carbocycles. The van der Waals surface area contributed by atoms with Crippen molar-refractivity contribution >= 4 is 5.91 Å². The van der Waals surface area contributed by atoms with Gasteiger partial charge in [-0.15, -0.1) is 0 Å². The summed E-state index contributed by atoms with van der Waals surface area (Å²) in [5.41, 5.74) is 4.32. The van der Waals surface area contributed by atoms with Crippen LogP contribution in [0.5, 0.6) is 0 Å². The molecule has 0 N–H and O–H groups in total. The van der Waals surface area contributed by atoms with Gasteiger partial charge in [-0.2, -0.15) is 0 Å². The Hall–Kier alpha value is -1.31. The standard InChI is InChI=1S/C14H17NO.C2H6/c16-14-5-2-8-15(14)10-11-6-7-12-3-1-4-13(12)9-11;1-2/h6-7,9H,1-5,8,10H2;1-2H3. The summed E-state index contributed by atoms with van der Waals surface area (Å²) >= 11 is 0. The number of carbonyl (C=O) groups is 1. The molecule has 0 aromatic heterocycles. The van der Waals surface area contributed by atoms with Gasteiger partial charge in [-0.1, -0.05) is 32.0 Å². The van der Waals surface area contributed by atoms with E-state index in [1.807, 2.05) is 18.7 Å². The highest BCUT2D eigenvalue weighted by atomic mass is 16.2. The summed E-state index contributed by atoms with van der Waals surface area (Å²) in [5.74, 6) is 0.320. The summed E-state index contributed by atoms with van der Waals surface area (Å²) in [6, 6.07) is 6.74. The van der Waals surface area contributed by atoms with Crippen molar-refractivity contribution in [1.82, 2.24) is 4.90 Å². The molecule has 98 valence electrons. The zero-order chi connectivity index (χ0) is 13.0. The zero-order valence-electron chi connectivity index (χ0n) is 11.5. The van der Waals surface area contributed by atoms with Crippen LogP contribution in [-0.4, -0.2) is 17.4 Å². The summed E-state index contributed by atoms with van der Waals surface area (Å²) in [4.78, 5) is 13.5. The molecule has 2 aliphatic rings. The fraction of sp³-hybridized carbons (Fsp3) is 0.562. The molecule has 1 heterocycles. The smallest absolute Gasteiger partial charge is 0.222 e. The van der Waals surface area contributed by atoms with Gasteiger partial charge in [0.15, 0.2) is 0 Å². The molecule has 2 heteroatoms. The lowest BCUT2D eigenvalue weighted by atomic mass is 10.1. The van der Waals surface area contributed by atoms with Gasteiger partial charge in [0.05, 0.1) is 0 Å². The van der Waals surface area contributed by atoms with Crippen molar-refractivity contribution in [2.75, 3.05) is 6.54 Å². The average molecular weight is 245 g/mol. The minimum atomic E-state index is 0.320. The van der Waals surface area contributed by atoms with Crippen LogP contribution in [0.4, 0.5) is 0 Å². The number of hydrogen-bond donors (Lipinski definition) is 0. The van der Waals surface area contributed by atoms with Crippen LogP contribution in [0.3, 0.4) is 0 Å². The van der Waals surface area contributed by atoms with E-state index in [1.54, 1.807) is 0 Å². The first-order chi connectivity index (χ1) is 8.83. The van der Waals surface area contributed by atoms with Gasteiger partial charge in [0.1, 0.15) is 0 Å². The van der Waals surface area contributed by atoms with E-state index in [0.717, 1.165) is 25.9 Å². The van der Waals surface area contributed by atoms with Crippen molar-refractivity contribution < 1.29 is 4.79 Å². The second-order valence-corrected chi connectivity index (χ2v) is 4.88. The highest BCUT2D eigenvalue weighted by Gasteiger charge is 2.20. The molecule has 0 unspecified atom stereocenters. The van der Waals surface area contributed by atoms with Crippen molar-refractivity contribution in [3.63, 3.8) is 0 Å². The van der Waals surface area contributed by atoms with E-state index < -0.39 is 0 Å². The number of aryl methyl sites for hydroxylation is 2. The predicted octanol–water partition coefficient (Wildman–Crippen LogP) is 3.32. The third kappa shape index (κ3) is 2.74. The third-order valence-electron chi connectivity index (χ3n) is 3.71. The molecular weight excluding hydrogens is 222 g/mol. The maximum Gasteiger partial charge on any atom is 0.222 e. The van der Waals surface area contributed by atoms with Gasteiger partial charge in [0, 0.05) is 19.5 Å². The Balaban J connectivity index is 0.000000574. The highest BCUT2D eigenvalue weighted by molar-refractivity contribution is 5.78. The monoisotopic (exact) mass is 245 g/mol. The van der Waals surface area contributed by atoms with Crippen LogP contribution in [0, 0.1) is 0 Å². The summed E-state index contributed by atoms with van der Waals surface area (Å²) in [7, 11) is 0. The topological polar surface area (TPSA) is 20.3 Å². The molecule has 0 radical (unpaired) electrons. The summed E-state index contributed by atoms with van der Waals surface area (Å²) in [6.45, 7) is 5.75. The number of benzene rings is 1. The number of likely N-dealkylation sites (tertiary alicyclic amines) is 1. The van der Waals surface area contributed by atoms with E-state index in [4.69, 9.17) is 0 Å². The molecule has 1 amide bonds. The zero-order valence-corrected chi connectivity index (χ0v) is 11.5. The third-order valence-corrected chi connectivity index (χ3v) is 3.71. The molecule has 1 aromatic rings. The Morgan fingerprint density at radius 2 is 1.83 bits per heavy atom. The molecule has 1 aliphatic heterocycles. The Morgan fingerprint density at radius 1 is 1.06 bits per heavy atom. The van der Waals surface area contributed by atoms with Crippen LogP contribution in [0.15, 0.2) is 18.2 Å². The van der Waals surface area contributed by atoms with Crippen LogP contribution < -0.4 is 0 Å². The van der Waals surface area contributed by atoms with Crippen LogP contribution in [0.1, 0.15) is 49.8 Å². The van der Waals surface area contributed by atoms with Gasteiger partial charge in [-0.05, 0) is 42.4 Å². The molecule has 0 spiro atoms. The van der Waals surface area contributed by atoms with E-state index in [1.165, 1.54) is 36.0 Å². The second kappa shape index (κ2) is 6.03. The van der Waals surface area contributed by atoms with E-state index in [9.17, 15) is 4.79 Å². The lowest BCUT2D eigenvalue weighted by Crippen LogP contribution is -2.23. The number of nitrogens with zero attached hydrogens (tertiary/aromatic N) is 1. The van der Waals surface area contributed by atoms with Gasteiger partial charge < -0.3 is 4.90 Å². The van der Waals surface area contributed by atoms with E-state index >= 15 is 0 Å². The molecule has 0 bridgehead atoms. The quantitative estimate of drug-likeness (QED) is 0.782. The average Bonchev–Trinajstić information content (AvgIpc) is 3.01. The highest BCUT2D eigenvalue weighted by Crippen LogP contribution is 2.24. The summed E-state index contributed by atoms with van der Waals surface area (Å²) in [6.07, 6.45) is 5.52. The SMILES string of the molecule is CC.O=C1CCCN1Cc1ccc2c(c1)CCC2. The van der Waals surface area contributed by atoms with Crippen molar-refractivity contribution in [2.24, 2.45) is 0 Å². The molecule has 1 aromatic carbocycles.